The van der Waals surface area contributed by atoms with Gasteiger partial charge in [0.15, 0.2) is 0 Å². The molecule has 0 radical (unpaired) electrons. The third-order valence-electron chi connectivity index (χ3n) is 5.09. The van der Waals surface area contributed by atoms with Crippen molar-refractivity contribution in [1.82, 2.24) is 4.90 Å². The summed E-state index contributed by atoms with van der Waals surface area (Å²) < 4.78 is 10.9. The van der Waals surface area contributed by atoms with Gasteiger partial charge in [0.1, 0.15) is 16.9 Å². The number of carbonyl (C=O) groups is 1. The van der Waals surface area contributed by atoms with Crippen LogP contribution in [-0.4, -0.2) is 37.3 Å². The van der Waals surface area contributed by atoms with E-state index in [4.69, 9.17) is 9.47 Å². The molecule has 148 valence electrons. The number of rotatable bonds is 5. The molecule has 1 saturated heterocycles. The third-order valence-corrected chi connectivity index (χ3v) is 6.34. The van der Waals surface area contributed by atoms with Crippen molar-refractivity contribution in [3.05, 3.63) is 83.9 Å². The molecule has 0 bridgehead atoms. The van der Waals surface area contributed by atoms with E-state index in [1.807, 2.05) is 65.6 Å². The van der Waals surface area contributed by atoms with E-state index in [-0.39, 0.29) is 11.3 Å². The fourth-order valence-electron chi connectivity index (χ4n) is 3.57. The first kappa shape index (κ1) is 19.4. The monoisotopic (exact) mass is 405 g/mol. The van der Waals surface area contributed by atoms with E-state index in [9.17, 15) is 4.79 Å². The van der Waals surface area contributed by atoms with E-state index in [0.29, 0.717) is 12.1 Å². The predicted octanol–water partition coefficient (Wildman–Crippen LogP) is 5.26. The van der Waals surface area contributed by atoms with Crippen LogP contribution >= 0.6 is 11.8 Å². The van der Waals surface area contributed by atoms with E-state index in [1.54, 1.807) is 26.0 Å². The van der Waals surface area contributed by atoms with Gasteiger partial charge in [-0.05, 0) is 41.5 Å². The molecule has 0 N–H and O–H groups in total. The number of methoxy groups -OCH3 is 2. The zero-order valence-electron chi connectivity index (χ0n) is 16.5. The highest BCUT2D eigenvalue weighted by molar-refractivity contribution is 7.99. The predicted molar refractivity (Wildman–Crippen MR) is 118 cm³/mol. The van der Waals surface area contributed by atoms with Crippen molar-refractivity contribution in [3.63, 3.8) is 0 Å². The summed E-state index contributed by atoms with van der Waals surface area (Å²) in [6, 6.07) is 23.7. The number of hydrogen-bond acceptors (Lipinski definition) is 4. The van der Waals surface area contributed by atoms with Gasteiger partial charge in [0, 0.05) is 23.4 Å². The lowest BCUT2D eigenvalue weighted by Crippen LogP contribution is -2.30. The normalized spacial score (nSPS) is 15.9. The van der Waals surface area contributed by atoms with Crippen LogP contribution in [0.1, 0.15) is 21.3 Å². The molecule has 1 heterocycles. The average molecular weight is 406 g/mol. The molecule has 0 aliphatic carbocycles. The van der Waals surface area contributed by atoms with Crippen molar-refractivity contribution in [1.29, 1.82) is 0 Å². The molecule has 1 amide bonds. The Balaban J connectivity index is 1.60. The molecule has 0 spiro atoms. The first-order chi connectivity index (χ1) is 14.2. The van der Waals surface area contributed by atoms with Gasteiger partial charge < -0.3 is 14.4 Å². The molecule has 4 nitrogen and oxygen atoms in total. The van der Waals surface area contributed by atoms with E-state index >= 15 is 0 Å². The molecule has 1 fully saturated rings. The number of hydrogen-bond donors (Lipinski definition) is 0. The number of nitrogens with zero attached hydrogens (tertiary/aromatic N) is 1. The molecule has 5 heteroatoms. The summed E-state index contributed by atoms with van der Waals surface area (Å²) in [7, 11) is 3.30. The summed E-state index contributed by atoms with van der Waals surface area (Å²) >= 11 is 1.74. The van der Waals surface area contributed by atoms with Crippen LogP contribution in [0.2, 0.25) is 0 Å². The molecule has 1 aliphatic heterocycles. The van der Waals surface area contributed by atoms with Crippen molar-refractivity contribution in [2.45, 2.75) is 5.37 Å². The van der Waals surface area contributed by atoms with Crippen LogP contribution in [0.15, 0.2) is 72.8 Å². The van der Waals surface area contributed by atoms with Gasteiger partial charge >= 0.3 is 0 Å². The highest BCUT2D eigenvalue weighted by Gasteiger charge is 2.33. The number of benzene rings is 3. The second kappa shape index (κ2) is 8.62. The maximum atomic E-state index is 13.3. The second-order valence-electron chi connectivity index (χ2n) is 6.77. The molecular formula is C24H23NO3S. The van der Waals surface area contributed by atoms with Crippen molar-refractivity contribution >= 4 is 17.7 Å². The number of amides is 1. The Labute approximate surface area is 175 Å². The van der Waals surface area contributed by atoms with Gasteiger partial charge in [-0.3, -0.25) is 4.79 Å². The van der Waals surface area contributed by atoms with Gasteiger partial charge in [0.05, 0.1) is 14.2 Å². The second-order valence-corrected chi connectivity index (χ2v) is 7.96. The number of carbonyl (C=O) groups excluding carboxylic acids is 1. The summed E-state index contributed by atoms with van der Waals surface area (Å²) in [5.41, 5.74) is 3.90. The fourth-order valence-corrected chi connectivity index (χ4v) is 4.84. The zero-order chi connectivity index (χ0) is 20.2. The number of thioether (sulfide) groups is 1. The summed E-state index contributed by atoms with van der Waals surface area (Å²) in [5, 5.41) is -0.0960. The molecule has 3 aromatic rings. The van der Waals surface area contributed by atoms with Crippen LogP contribution in [0.3, 0.4) is 0 Å². The first-order valence-electron chi connectivity index (χ1n) is 9.51. The Morgan fingerprint density at radius 1 is 0.931 bits per heavy atom. The molecule has 0 aromatic heterocycles. The topological polar surface area (TPSA) is 38.8 Å². The molecule has 0 unspecified atom stereocenters. The Morgan fingerprint density at radius 3 is 2.34 bits per heavy atom. The molecule has 0 saturated carbocycles. The standard InChI is InChI=1S/C24H23NO3S/c1-27-20-12-13-22(28-2)21(16-20)24-25(14-15-29-24)23(26)19-10-8-18(9-11-19)17-6-4-3-5-7-17/h3-13,16,24H,14-15H2,1-2H3/t24-/m1/s1. The van der Waals surface area contributed by atoms with Crippen LogP contribution in [0, 0.1) is 0 Å². The molecule has 3 aromatic carbocycles. The lowest BCUT2D eigenvalue weighted by molar-refractivity contribution is 0.0759. The van der Waals surface area contributed by atoms with Crippen LogP contribution in [0.5, 0.6) is 11.5 Å². The van der Waals surface area contributed by atoms with Gasteiger partial charge in [-0.25, -0.2) is 0 Å². The lowest BCUT2D eigenvalue weighted by atomic mass is 10.0. The summed E-state index contributed by atoms with van der Waals surface area (Å²) in [6.45, 7) is 0.703. The van der Waals surface area contributed by atoms with Gasteiger partial charge in [-0.2, -0.15) is 0 Å². The van der Waals surface area contributed by atoms with Crippen LogP contribution in [-0.2, 0) is 0 Å². The molecule has 1 aliphatic rings. The van der Waals surface area contributed by atoms with Crippen molar-refractivity contribution in [3.8, 4) is 22.6 Å². The minimum Gasteiger partial charge on any atom is -0.497 e. The molecular weight excluding hydrogens is 382 g/mol. The highest BCUT2D eigenvalue weighted by atomic mass is 32.2. The van der Waals surface area contributed by atoms with Gasteiger partial charge in [0.25, 0.3) is 5.91 Å². The first-order valence-corrected chi connectivity index (χ1v) is 10.6. The van der Waals surface area contributed by atoms with Gasteiger partial charge in [0.2, 0.25) is 0 Å². The smallest absolute Gasteiger partial charge is 0.255 e. The van der Waals surface area contributed by atoms with Crippen molar-refractivity contribution < 1.29 is 14.3 Å². The molecule has 29 heavy (non-hydrogen) atoms. The third kappa shape index (κ3) is 3.96. The summed E-state index contributed by atoms with van der Waals surface area (Å²) in [4.78, 5) is 15.2. The van der Waals surface area contributed by atoms with Crippen LogP contribution < -0.4 is 9.47 Å². The largest absolute Gasteiger partial charge is 0.497 e. The lowest BCUT2D eigenvalue weighted by Gasteiger charge is -2.26. The van der Waals surface area contributed by atoms with Crippen LogP contribution in [0.25, 0.3) is 11.1 Å². The maximum absolute atomic E-state index is 13.3. The van der Waals surface area contributed by atoms with Gasteiger partial charge in [-0.1, -0.05) is 42.5 Å². The SMILES string of the molecule is COc1ccc(OC)c([C@H]2SCCN2C(=O)c2ccc(-c3ccccc3)cc2)c1. The highest BCUT2D eigenvalue weighted by Crippen LogP contribution is 2.43. The van der Waals surface area contributed by atoms with Crippen LogP contribution in [0.4, 0.5) is 0 Å². The molecule has 1 atom stereocenters. The maximum Gasteiger partial charge on any atom is 0.255 e. The Bertz CT molecular complexity index is 989. The Hall–Kier alpha value is -2.92. The minimum absolute atomic E-state index is 0.0319. The van der Waals surface area contributed by atoms with E-state index in [2.05, 4.69) is 12.1 Å². The summed E-state index contributed by atoms with van der Waals surface area (Å²) in [5.74, 6) is 2.44. The minimum atomic E-state index is -0.0960. The quantitative estimate of drug-likeness (QED) is 0.580. The zero-order valence-corrected chi connectivity index (χ0v) is 17.3. The summed E-state index contributed by atoms with van der Waals surface area (Å²) in [6.07, 6.45) is 0. The van der Waals surface area contributed by atoms with E-state index < -0.39 is 0 Å². The van der Waals surface area contributed by atoms with Crippen molar-refractivity contribution in [2.75, 3.05) is 26.5 Å². The van der Waals surface area contributed by atoms with Gasteiger partial charge in [-0.15, -0.1) is 11.8 Å². The Morgan fingerprint density at radius 2 is 1.66 bits per heavy atom. The number of ether oxygens (including phenoxy) is 2. The fraction of sp³-hybridized carbons (Fsp3) is 0.208. The average Bonchev–Trinajstić information content (AvgIpc) is 3.28. The molecule has 4 rings (SSSR count). The van der Waals surface area contributed by atoms with E-state index in [1.165, 1.54) is 0 Å². The van der Waals surface area contributed by atoms with E-state index in [0.717, 1.165) is 33.9 Å². The van der Waals surface area contributed by atoms with Crippen molar-refractivity contribution in [2.24, 2.45) is 0 Å². The Kier molecular flexibility index (Phi) is 5.76.